The number of H-pyrrole nitrogens is 1. The van der Waals surface area contributed by atoms with Gasteiger partial charge in [-0.15, -0.1) is 12.3 Å². The van der Waals surface area contributed by atoms with Crippen molar-refractivity contribution in [2.75, 3.05) is 37.8 Å². The van der Waals surface area contributed by atoms with Crippen molar-refractivity contribution in [2.24, 2.45) is 5.92 Å². The topological polar surface area (TPSA) is 158 Å². The average Bonchev–Trinajstić information content (AvgIpc) is 3.39. The number of hydrogen-bond donors (Lipinski definition) is 2. The molecule has 3 heterocycles. The predicted octanol–water partition coefficient (Wildman–Crippen LogP) is 1.12. The number of anilines is 1. The summed E-state index contributed by atoms with van der Waals surface area (Å²) in [5.41, 5.74) is -2.19. The van der Waals surface area contributed by atoms with E-state index in [1.165, 1.54) is 16.8 Å². The molecule has 2 amide bonds. The van der Waals surface area contributed by atoms with Gasteiger partial charge in [0, 0.05) is 43.9 Å². The Bertz CT molecular complexity index is 1420. The zero-order valence-electron chi connectivity index (χ0n) is 23.5. The van der Waals surface area contributed by atoms with Crippen molar-refractivity contribution in [1.29, 1.82) is 0 Å². The number of esters is 2. The van der Waals surface area contributed by atoms with Crippen LogP contribution in [-0.2, 0) is 35.0 Å². The maximum atomic E-state index is 13.4. The van der Waals surface area contributed by atoms with Gasteiger partial charge in [0.1, 0.15) is 6.23 Å². The summed E-state index contributed by atoms with van der Waals surface area (Å²) < 4.78 is 23.9. The van der Waals surface area contributed by atoms with E-state index in [1.54, 1.807) is 43.0 Å². The maximum Gasteiger partial charge on any atom is 0.350 e. The van der Waals surface area contributed by atoms with Crippen molar-refractivity contribution in [3.8, 4) is 12.3 Å². The zero-order valence-corrected chi connectivity index (χ0v) is 23.5. The smallest absolute Gasteiger partial charge is 0.350 e. The molecule has 2 N–H and O–H groups in total. The highest BCUT2D eigenvalue weighted by Gasteiger charge is 2.52. The molecule has 1 aromatic heterocycles. The number of benzene rings is 1. The first kappa shape index (κ1) is 30.5. The fourth-order valence-electron chi connectivity index (χ4n) is 4.96. The minimum Gasteiger partial charge on any atom is -0.463 e. The highest BCUT2D eigenvalue weighted by Crippen LogP contribution is 2.34. The fraction of sp³-hybridized carbons (Fsp3) is 0.483. The van der Waals surface area contributed by atoms with Crippen LogP contribution in [0.25, 0.3) is 0 Å². The van der Waals surface area contributed by atoms with E-state index in [9.17, 15) is 24.0 Å². The van der Waals surface area contributed by atoms with Crippen molar-refractivity contribution in [2.45, 2.75) is 51.0 Å². The summed E-state index contributed by atoms with van der Waals surface area (Å²) in [6, 6.07) is 7.83. The number of ether oxygens (including phenoxy) is 4. The molecule has 0 saturated carbocycles. The van der Waals surface area contributed by atoms with E-state index in [-0.39, 0.29) is 38.7 Å². The number of aromatic amines is 1. The summed E-state index contributed by atoms with van der Waals surface area (Å²) >= 11 is 0. The van der Waals surface area contributed by atoms with Gasteiger partial charge in [0.2, 0.25) is 0 Å². The quantitative estimate of drug-likeness (QED) is 0.225. The van der Waals surface area contributed by atoms with Crippen LogP contribution >= 0.6 is 0 Å². The number of rotatable bonds is 11. The molecular formula is C29H34N4O9. The molecule has 4 rings (SSSR count). The van der Waals surface area contributed by atoms with Crippen molar-refractivity contribution in [3.63, 3.8) is 0 Å². The summed E-state index contributed by atoms with van der Waals surface area (Å²) in [5, 5.41) is 2.80. The number of urea groups is 1. The molecule has 42 heavy (non-hydrogen) atoms. The number of nitrogens with zero attached hydrogens (tertiary/aromatic N) is 2. The molecule has 3 unspecified atom stereocenters. The number of hydrogen-bond acceptors (Lipinski definition) is 9. The van der Waals surface area contributed by atoms with E-state index in [0.717, 1.165) is 6.42 Å². The monoisotopic (exact) mass is 582 g/mol. The van der Waals surface area contributed by atoms with Gasteiger partial charge in [-0.2, -0.15) is 0 Å². The minimum absolute atomic E-state index is 0.0174. The van der Waals surface area contributed by atoms with Gasteiger partial charge in [-0.1, -0.05) is 12.1 Å². The molecule has 224 valence electrons. The molecule has 1 aromatic carbocycles. The van der Waals surface area contributed by atoms with E-state index < -0.39 is 47.0 Å². The standard InChI is InChI=1S/C29H34N4O9/c1-4-20-16-24(33-15-12-23(34)31-28(33)38)42-22(20)18-41-29(25(35)39-5-2,26(36)40-6-3)17-19-8-10-21(11-9-19)32-14-7-13-30-27(32)37/h1,8-12,15,20,22,24H,5-7,13-14,16-18H2,2-3H3,(H,30,37)(H,31,34,38). The molecule has 0 bridgehead atoms. The molecule has 2 aliphatic heterocycles. The van der Waals surface area contributed by atoms with Gasteiger partial charge in [-0.25, -0.2) is 19.2 Å². The van der Waals surface area contributed by atoms with Gasteiger partial charge in [0.15, 0.2) is 0 Å². The third-order valence-electron chi connectivity index (χ3n) is 7.10. The summed E-state index contributed by atoms with van der Waals surface area (Å²) in [4.78, 5) is 66.6. The van der Waals surface area contributed by atoms with Crippen LogP contribution in [0.3, 0.4) is 0 Å². The molecule has 2 aromatic rings. The SMILES string of the molecule is C#CC1CC(n2ccc(=O)[nH]c2=O)OC1COC(Cc1ccc(N2CCCNC2=O)cc1)(C(=O)OCC)C(=O)OCC. The Labute approximate surface area is 242 Å². The Balaban J connectivity index is 1.59. The zero-order chi connectivity index (χ0) is 30.3. The molecule has 13 heteroatoms. The second kappa shape index (κ2) is 13.5. The Kier molecular flexibility index (Phi) is 9.82. The van der Waals surface area contributed by atoms with Gasteiger partial charge in [-0.3, -0.25) is 19.2 Å². The fourth-order valence-corrected chi connectivity index (χ4v) is 4.96. The number of amides is 2. The van der Waals surface area contributed by atoms with Gasteiger partial charge in [0.05, 0.1) is 31.8 Å². The first-order valence-corrected chi connectivity index (χ1v) is 13.8. The lowest BCUT2D eigenvalue weighted by Gasteiger charge is -2.31. The summed E-state index contributed by atoms with van der Waals surface area (Å²) in [6.07, 6.45) is 6.25. The number of terminal acetylenes is 1. The molecule has 0 radical (unpaired) electrons. The van der Waals surface area contributed by atoms with Crippen molar-refractivity contribution in [3.05, 3.63) is 62.9 Å². The van der Waals surface area contributed by atoms with Gasteiger partial charge >= 0.3 is 23.7 Å². The van der Waals surface area contributed by atoms with Crippen LogP contribution in [0.4, 0.5) is 10.5 Å². The lowest BCUT2D eigenvalue weighted by molar-refractivity contribution is -0.195. The number of carbonyl (C=O) groups is 3. The van der Waals surface area contributed by atoms with Crippen LogP contribution in [-0.4, -0.2) is 72.1 Å². The molecule has 3 atom stereocenters. The Hall–Kier alpha value is -4.41. The summed E-state index contributed by atoms with van der Waals surface area (Å²) in [6.45, 7) is 4.05. The number of aromatic nitrogens is 2. The molecule has 13 nitrogen and oxygen atoms in total. The highest BCUT2D eigenvalue weighted by atomic mass is 16.6. The first-order valence-electron chi connectivity index (χ1n) is 13.8. The molecule has 0 spiro atoms. The molecule has 2 saturated heterocycles. The largest absolute Gasteiger partial charge is 0.463 e. The lowest BCUT2D eigenvalue weighted by atomic mass is 9.93. The highest BCUT2D eigenvalue weighted by molar-refractivity contribution is 6.04. The van der Waals surface area contributed by atoms with Crippen molar-refractivity contribution < 1.29 is 33.3 Å². The molecular weight excluding hydrogens is 548 g/mol. The van der Waals surface area contributed by atoms with E-state index in [1.807, 2.05) is 0 Å². The predicted molar refractivity (Wildman–Crippen MR) is 150 cm³/mol. The Morgan fingerprint density at radius 2 is 1.79 bits per heavy atom. The second-order valence-electron chi connectivity index (χ2n) is 9.81. The third kappa shape index (κ3) is 6.56. The van der Waals surface area contributed by atoms with Gasteiger partial charge in [0.25, 0.3) is 11.2 Å². The summed E-state index contributed by atoms with van der Waals surface area (Å²) in [5.74, 6) is 0.205. The second-order valence-corrected chi connectivity index (χ2v) is 9.81. The van der Waals surface area contributed by atoms with E-state index >= 15 is 0 Å². The van der Waals surface area contributed by atoms with Crippen LogP contribution in [0, 0.1) is 18.3 Å². The van der Waals surface area contributed by atoms with Gasteiger partial charge < -0.3 is 24.3 Å². The van der Waals surface area contributed by atoms with E-state index in [2.05, 4.69) is 16.2 Å². The molecule has 2 aliphatic rings. The Morgan fingerprint density at radius 3 is 2.38 bits per heavy atom. The molecule has 2 fully saturated rings. The lowest BCUT2D eigenvalue weighted by Crippen LogP contribution is -2.54. The van der Waals surface area contributed by atoms with Crippen LogP contribution in [0.5, 0.6) is 0 Å². The Morgan fingerprint density at radius 1 is 1.10 bits per heavy atom. The van der Waals surface area contributed by atoms with E-state index in [4.69, 9.17) is 25.4 Å². The third-order valence-corrected chi connectivity index (χ3v) is 7.10. The van der Waals surface area contributed by atoms with Crippen molar-refractivity contribution in [1.82, 2.24) is 14.9 Å². The summed E-state index contributed by atoms with van der Waals surface area (Å²) in [7, 11) is 0. The van der Waals surface area contributed by atoms with Gasteiger partial charge in [-0.05, 0) is 38.0 Å². The van der Waals surface area contributed by atoms with Crippen LogP contribution in [0.15, 0.2) is 46.1 Å². The molecule has 0 aliphatic carbocycles. The first-order chi connectivity index (χ1) is 20.2. The van der Waals surface area contributed by atoms with E-state index in [0.29, 0.717) is 24.3 Å². The van der Waals surface area contributed by atoms with Crippen LogP contribution in [0.1, 0.15) is 38.5 Å². The number of nitrogens with one attached hydrogen (secondary N) is 2. The van der Waals surface area contributed by atoms with Crippen LogP contribution in [0.2, 0.25) is 0 Å². The normalized spacial score (nSPS) is 20.5. The minimum atomic E-state index is -2.19. The number of carbonyl (C=O) groups excluding carboxylic acids is 3. The van der Waals surface area contributed by atoms with Crippen LogP contribution < -0.4 is 21.5 Å². The maximum absolute atomic E-state index is 13.4. The van der Waals surface area contributed by atoms with Crippen molar-refractivity contribution >= 4 is 23.7 Å². The average molecular weight is 583 g/mol.